The molecular weight excluding hydrogens is 296 g/mol. The highest BCUT2D eigenvalue weighted by atomic mass is 16.5. The van der Waals surface area contributed by atoms with Gasteiger partial charge in [0.15, 0.2) is 0 Å². The van der Waals surface area contributed by atoms with Crippen LogP contribution in [0.25, 0.3) is 21.9 Å². The molecule has 0 aliphatic carbocycles. The van der Waals surface area contributed by atoms with Gasteiger partial charge in [0.1, 0.15) is 11.2 Å². The molecule has 24 heavy (non-hydrogen) atoms. The van der Waals surface area contributed by atoms with Gasteiger partial charge < -0.3 is 9.15 Å². The van der Waals surface area contributed by atoms with E-state index in [4.69, 9.17) is 9.15 Å². The van der Waals surface area contributed by atoms with Gasteiger partial charge in [-0.1, -0.05) is 61.5 Å². The van der Waals surface area contributed by atoms with Crippen LogP contribution in [-0.4, -0.2) is 6.61 Å². The van der Waals surface area contributed by atoms with Crippen molar-refractivity contribution >= 4 is 21.9 Å². The second kappa shape index (κ2) is 6.50. The Labute approximate surface area is 141 Å². The van der Waals surface area contributed by atoms with Gasteiger partial charge in [0.2, 0.25) is 0 Å². The molecular formula is C22H20O2. The highest BCUT2D eigenvalue weighted by Gasteiger charge is 2.11. The van der Waals surface area contributed by atoms with Crippen molar-refractivity contribution in [3.63, 3.8) is 0 Å². The van der Waals surface area contributed by atoms with Crippen LogP contribution >= 0.6 is 0 Å². The summed E-state index contributed by atoms with van der Waals surface area (Å²) in [4.78, 5) is 0. The van der Waals surface area contributed by atoms with Crippen molar-refractivity contribution in [1.29, 1.82) is 0 Å². The molecule has 120 valence electrons. The molecule has 1 atom stereocenters. The predicted molar refractivity (Wildman–Crippen MR) is 98.2 cm³/mol. The number of ether oxygens (including phenoxy) is 1. The molecule has 0 saturated heterocycles. The van der Waals surface area contributed by atoms with Crippen LogP contribution in [0.2, 0.25) is 0 Å². The van der Waals surface area contributed by atoms with E-state index >= 15 is 0 Å². The monoisotopic (exact) mass is 316 g/mol. The van der Waals surface area contributed by atoms with Gasteiger partial charge >= 0.3 is 0 Å². The summed E-state index contributed by atoms with van der Waals surface area (Å²) in [6.07, 6.45) is 0. The van der Waals surface area contributed by atoms with Gasteiger partial charge in [-0.25, -0.2) is 0 Å². The Morgan fingerprint density at radius 3 is 2.46 bits per heavy atom. The zero-order valence-electron chi connectivity index (χ0n) is 13.7. The first-order valence-corrected chi connectivity index (χ1v) is 8.34. The summed E-state index contributed by atoms with van der Waals surface area (Å²) in [5.74, 6) is 0.340. The van der Waals surface area contributed by atoms with Gasteiger partial charge in [0.25, 0.3) is 0 Å². The van der Waals surface area contributed by atoms with E-state index in [-0.39, 0.29) is 0 Å². The first kappa shape index (κ1) is 15.0. The lowest BCUT2D eigenvalue weighted by molar-refractivity contribution is 0.110. The van der Waals surface area contributed by atoms with Gasteiger partial charge in [-0.2, -0.15) is 0 Å². The van der Waals surface area contributed by atoms with Crippen molar-refractivity contribution in [2.24, 2.45) is 0 Å². The van der Waals surface area contributed by atoms with E-state index in [9.17, 15) is 0 Å². The molecule has 1 unspecified atom stereocenters. The van der Waals surface area contributed by atoms with Gasteiger partial charge in [-0.15, -0.1) is 0 Å². The molecule has 0 spiro atoms. The van der Waals surface area contributed by atoms with E-state index in [0.29, 0.717) is 19.1 Å². The number of para-hydroxylation sites is 1. The van der Waals surface area contributed by atoms with Crippen molar-refractivity contribution in [3.8, 4) is 0 Å². The summed E-state index contributed by atoms with van der Waals surface area (Å²) in [6, 6.07) is 24.9. The first-order valence-electron chi connectivity index (χ1n) is 8.34. The van der Waals surface area contributed by atoms with Crippen LogP contribution in [0, 0.1) is 0 Å². The van der Waals surface area contributed by atoms with Crippen molar-refractivity contribution in [1.82, 2.24) is 0 Å². The lowest BCUT2D eigenvalue weighted by atomic mass is 10.00. The number of benzene rings is 3. The molecule has 1 heterocycles. The Morgan fingerprint density at radius 1 is 0.833 bits per heavy atom. The summed E-state index contributed by atoms with van der Waals surface area (Å²) < 4.78 is 11.8. The summed E-state index contributed by atoms with van der Waals surface area (Å²) in [7, 11) is 0. The highest BCUT2D eigenvalue weighted by molar-refractivity contribution is 6.05. The van der Waals surface area contributed by atoms with Crippen LogP contribution in [0.15, 0.2) is 77.2 Å². The largest absolute Gasteiger partial charge is 0.456 e. The van der Waals surface area contributed by atoms with Gasteiger partial charge in [-0.3, -0.25) is 0 Å². The second-order valence-electron chi connectivity index (χ2n) is 6.26. The SMILES string of the molecule is CC(COCc1ccccc1)c1ccc2oc3ccccc3c2c1. The third-order valence-electron chi connectivity index (χ3n) is 4.45. The third kappa shape index (κ3) is 2.93. The maximum atomic E-state index is 5.89. The number of hydrogen-bond donors (Lipinski definition) is 0. The summed E-state index contributed by atoms with van der Waals surface area (Å²) >= 11 is 0. The van der Waals surface area contributed by atoms with Crippen LogP contribution in [0.3, 0.4) is 0 Å². The predicted octanol–water partition coefficient (Wildman–Crippen LogP) is 5.91. The Kier molecular flexibility index (Phi) is 4.06. The molecule has 2 nitrogen and oxygen atoms in total. The number of fused-ring (bicyclic) bond motifs is 3. The minimum Gasteiger partial charge on any atom is -0.456 e. The third-order valence-corrected chi connectivity index (χ3v) is 4.45. The molecule has 1 aromatic heterocycles. The summed E-state index contributed by atoms with van der Waals surface area (Å²) in [6.45, 7) is 3.56. The van der Waals surface area contributed by atoms with Crippen LogP contribution in [-0.2, 0) is 11.3 Å². The Hall–Kier alpha value is -2.58. The minimum atomic E-state index is 0.340. The molecule has 0 aliphatic rings. The quantitative estimate of drug-likeness (QED) is 0.457. The molecule has 0 amide bonds. The number of hydrogen-bond acceptors (Lipinski definition) is 2. The van der Waals surface area contributed by atoms with Gasteiger partial charge in [0.05, 0.1) is 13.2 Å². The first-order chi connectivity index (χ1) is 11.8. The highest BCUT2D eigenvalue weighted by Crippen LogP contribution is 2.31. The molecule has 4 aromatic rings. The van der Waals surface area contributed by atoms with Crippen molar-refractivity contribution < 1.29 is 9.15 Å². The molecule has 0 N–H and O–H groups in total. The van der Waals surface area contributed by atoms with Crippen molar-refractivity contribution in [3.05, 3.63) is 83.9 Å². The molecule has 4 rings (SSSR count). The van der Waals surface area contributed by atoms with Gasteiger partial charge in [0, 0.05) is 16.7 Å². The fourth-order valence-corrected chi connectivity index (χ4v) is 3.07. The second-order valence-corrected chi connectivity index (χ2v) is 6.26. The Bertz CT molecular complexity index is 953. The lowest BCUT2D eigenvalue weighted by Gasteiger charge is -2.13. The summed E-state index contributed by atoms with van der Waals surface area (Å²) in [5.41, 5.74) is 4.37. The average Bonchev–Trinajstić information content (AvgIpc) is 3.00. The molecule has 0 radical (unpaired) electrons. The standard InChI is InChI=1S/C22H20O2/c1-16(14-23-15-17-7-3-2-4-8-17)18-11-12-22-20(13-18)19-9-5-6-10-21(19)24-22/h2-13,16H,14-15H2,1H3. The maximum Gasteiger partial charge on any atom is 0.135 e. The van der Waals surface area contributed by atoms with Crippen molar-refractivity contribution in [2.45, 2.75) is 19.4 Å². The Morgan fingerprint density at radius 2 is 1.58 bits per heavy atom. The van der Waals surface area contributed by atoms with E-state index < -0.39 is 0 Å². The smallest absolute Gasteiger partial charge is 0.135 e. The molecule has 3 aromatic carbocycles. The zero-order valence-corrected chi connectivity index (χ0v) is 13.7. The van der Waals surface area contributed by atoms with Crippen molar-refractivity contribution in [2.75, 3.05) is 6.61 Å². The van der Waals surface area contributed by atoms with E-state index in [2.05, 4.69) is 49.4 Å². The number of rotatable bonds is 5. The molecule has 0 fully saturated rings. The van der Waals surface area contributed by atoms with E-state index in [1.807, 2.05) is 30.3 Å². The van der Waals surface area contributed by atoms with Crippen LogP contribution in [0.4, 0.5) is 0 Å². The fraction of sp³-hybridized carbons (Fsp3) is 0.182. The van der Waals surface area contributed by atoms with Crippen LogP contribution < -0.4 is 0 Å². The molecule has 0 saturated carbocycles. The summed E-state index contributed by atoms with van der Waals surface area (Å²) in [5, 5.41) is 2.35. The normalized spacial score (nSPS) is 12.7. The van der Waals surface area contributed by atoms with E-state index in [0.717, 1.165) is 11.2 Å². The fourth-order valence-electron chi connectivity index (χ4n) is 3.07. The molecule has 0 bridgehead atoms. The minimum absolute atomic E-state index is 0.340. The topological polar surface area (TPSA) is 22.4 Å². The average molecular weight is 316 g/mol. The van der Waals surface area contributed by atoms with Crippen LogP contribution in [0.1, 0.15) is 24.0 Å². The lowest BCUT2D eigenvalue weighted by Crippen LogP contribution is -2.04. The molecule has 2 heteroatoms. The molecule has 0 aliphatic heterocycles. The van der Waals surface area contributed by atoms with Crippen LogP contribution in [0.5, 0.6) is 0 Å². The van der Waals surface area contributed by atoms with E-state index in [1.54, 1.807) is 0 Å². The zero-order chi connectivity index (χ0) is 16.4. The Balaban J connectivity index is 1.51. The number of furan rings is 1. The van der Waals surface area contributed by atoms with Gasteiger partial charge in [-0.05, 0) is 29.3 Å². The maximum absolute atomic E-state index is 5.89. The van der Waals surface area contributed by atoms with E-state index in [1.165, 1.54) is 21.9 Å².